The molecule has 1 rings (SSSR count). The van der Waals surface area contributed by atoms with Crippen molar-refractivity contribution >= 4 is 17.5 Å². The van der Waals surface area contributed by atoms with Gasteiger partial charge in [0.05, 0.1) is 12.1 Å². The maximum Gasteiger partial charge on any atom is 0.255 e. The van der Waals surface area contributed by atoms with Gasteiger partial charge < -0.3 is 20.5 Å². The van der Waals surface area contributed by atoms with Crippen molar-refractivity contribution in [3.05, 3.63) is 22.7 Å². The monoisotopic (exact) mass is 314 g/mol. The van der Waals surface area contributed by atoms with Gasteiger partial charge in [-0.15, -0.1) is 0 Å². The SMILES string of the molecule is COc1cc(CNCC(C)(C)C)cc(Cl)c1OCC(N)=O. The molecule has 0 saturated carbocycles. The van der Waals surface area contributed by atoms with Crippen LogP contribution in [0, 0.1) is 5.41 Å². The number of benzene rings is 1. The van der Waals surface area contributed by atoms with Gasteiger partial charge in [-0.1, -0.05) is 32.4 Å². The second-order valence-corrected chi connectivity index (χ2v) is 6.44. The van der Waals surface area contributed by atoms with Crippen LogP contribution in [0.4, 0.5) is 0 Å². The van der Waals surface area contributed by atoms with Gasteiger partial charge in [-0.25, -0.2) is 0 Å². The first-order chi connectivity index (χ1) is 9.73. The van der Waals surface area contributed by atoms with Crippen molar-refractivity contribution in [2.45, 2.75) is 27.3 Å². The fraction of sp³-hybridized carbons (Fsp3) is 0.533. The summed E-state index contributed by atoms with van der Waals surface area (Å²) in [5.41, 5.74) is 6.25. The van der Waals surface area contributed by atoms with E-state index in [-0.39, 0.29) is 12.0 Å². The van der Waals surface area contributed by atoms with E-state index in [1.54, 1.807) is 6.07 Å². The molecule has 0 atom stereocenters. The molecule has 0 aromatic heterocycles. The van der Waals surface area contributed by atoms with Gasteiger partial charge in [0.1, 0.15) is 0 Å². The normalized spacial score (nSPS) is 11.3. The summed E-state index contributed by atoms with van der Waals surface area (Å²) >= 11 is 6.18. The van der Waals surface area contributed by atoms with Gasteiger partial charge in [0, 0.05) is 13.1 Å². The number of halogens is 1. The lowest BCUT2D eigenvalue weighted by molar-refractivity contribution is -0.119. The molecule has 21 heavy (non-hydrogen) atoms. The van der Waals surface area contributed by atoms with Crippen molar-refractivity contribution in [2.24, 2.45) is 11.1 Å². The maximum absolute atomic E-state index is 10.8. The minimum Gasteiger partial charge on any atom is -0.493 e. The Labute approximate surface area is 130 Å². The van der Waals surface area contributed by atoms with Crippen LogP contribution in [0.25, 0.3) is 0 Å². The van der Waals surface area contributed by atoms with Gasteiger partial charge in [0.2, 0.25) is 0 Å². The van der Waals surface area contributed by atoms with Gasteiger partial charge in [-0.2, -0.15) is 0 Å². The van der Waals surface area contributed by atoms with Crippen LogP contribution in [0.3, 0.4) is 0 Å². The summed E-state index contributed by atoms with van der Waals surface area (Å²) in [5, 5.41) is 3.75. The molecular weight excluding hydrogens is 292 g/mol. The Balaban J connectivity index is 2.80. The molecule has 6 heteroatoms. The molecule has 0 aliphatic rings. The molecule has 1 amide bonds. The van der Waals surface area contributed by atoms with Crippen molar-refractivity contribution in [3.63, 3.8) is 0 Å². The number of hydrogen-bond donors (Lipinski definition) is 2. The largest absolute Gasteiger partial charge is 0.493 e. The quantitative estimate of drug-likeness (QED) is 0.810. The highest BCUT2D eigenvalue weighted by Crippen LogP contribution is 2.36. The summed E-state index contributed by atoms with van der Waals surface area (Å²) in [4.78, 5) is 10.8. The second-order valence-electron chi connectivity index (χ2n) is 6.03. The van der Waals surface area contributed by atoms with Crippen LogP contribution >= 0.6 is 11.6 Å². The molecule has 1 aromatic carbocycles. The van der Waals surface area contributed by atoms with Crippen LogP contribution < -0.4 is 20.5 Å². The number of methoxy groups -OCH3 is 1. The average Bonchev–Trinajstić information content (AvgIpc) is 2.35. The minimum absolute atomic E-state index is 0.207. The molecule has 0 aliphatic carbocycles. The van der Waals surface area contributed by atoms with E-state index in [1.807, 2.05) is 6.07 Å². The topological polar surface area (TPSA) is 73.6 Å². The molecule has 3 N–H and O–H groups in total. The molecule has 0 aliphatic heterocycles. The van der Waals surface area contributed by atoms with E-state index in [0.29, 0.717) is 23.1 Å². The van der Waals surface area contributed by atoms with Gasteiger partial charge in [-0.3, -0.25) is 4.79 Å². The Morgan fingerprint density at radius 2 is 2.05 bits per heavy atom. The highest BCUT2D eigenvalue weighted by atomic mass is 35.5. The third-order valence-corrected chi connectivity index (χ3v) is 2.91. The first-order valence-corrected chi connectivity index (χ1v) is 7.09. The van der Waals surface area contributed by atoms with Crippen LogP contribution in [0.5, 0.6) is 11.5 Å². The lowest BCUT2D eigenvalue weighted by atomic mass is 9.97. The number of ether oxygens (including phenoxy) is 2. The maximum atomic E-state index is 10.8. The van der Waals surface area contributed by atoms with Crippen LogP contribution in [0.15, 0.2) is 12.1 Å². The molecule has 0 unspecified atom stereocenters. The number of nitrogens with two attached hydrogens (primary N) is 1. The van der Waals surface area contributed by atoms with Crippen LogP contribution in [-0.4, -0.2) is 26.2 Å². The fourth-order valence-corrected chi connectivity index (χ4v) is 2.03. The van der Waals surface area contributed by atoms with Gasteiger partial charge in [-0.05, 0) is 23.1 Å². The highest BCUT2D eigenvalue weighted by Gasteiger charge is 2.14. The second kappa shape index (κ2) is 7.52. The third kappa shape index (κ3) is 6.23. The van der Waals surface area contributed by atoms with E-state index in [2.05, 4.69) is 26.1 Å². The van der Waals surface area contributed by atoms with Crippen LogP contribution in [0.2, 0.25) is 5.02 Å². The fourth-order valence-electron chi connectivity index (χ4n) is 1.74. The molecule has 0 bridgehead atoms. The number of rotatable bonds is 7. The minimum atomic E-state index is -0.566. The van der Waals surface area contributed by atoms with Crippen molar-refractivity contribution in [1.29, 1.82) is 0 Å². The van der Waals surface area contributed by atoms with Gasteiger partial charge >= 0.3 is 0 Å². The molecule has 5 nitrogen and oxygen atoms in total. The first kappa shape index (κ1) is 17.6. The number of nitrogens with one attached hydrogen (secondary N) is 1. The highest BCUT2D eigenvalue weighted by molar-refractivity contribution is 6.32. The van der Waals surface area contributed by atoms with Crippen LogP contribution in [-0.2, 0) is 11.3 Å². The van der Waals surface area contributed by atoms with Gasteiger partial charge in [0.25, 0.3) is 5.91 Å². The molecule has 0 fully saturated rings. The Kier molecular flexibility index (Phi) is 6.30. The smallest absolute Gasteiger partial charge is 0.255 e. The van der Waals surface area contributed by atoms with Crippen LogP contribution in [0.1, 0.15) is 26.3 Å². The zero-order valence-corrected chi connectivity index (χ0v) is 13.7. The summed E-state index contributed by atoms with van der Waals surface area (Å²) < 4.78 is 10.5. The van der Waals surface area contributed by atoms with Crippen molar-refractivity contribution in [2.75, 3.05) is 20.3 Å². The Morgan fingerprint density at radius 3 is 2.57 bits per heavy atom. The van der Waals surface area contributed by atoms with E-state index in [0.717, 1.165) is 12.1 Å². The summed E-state index contributed by atoms with van der Waals surface area (Å²) in [7, 11) is 1.52. The summed E-state index contributed by atoms with van der Waals surface area (Å²) in [6.07, 6.45) is 0. The number of amides is 1. The number of hydrogen-bond acceptors (Lipinski definition) is 4. The zero-order chi connectivity index (χ0) is 16.0. The third-order valence-electron chi connectivity index (χ3n) is 2.63. The molecule has 1 aromatic rings. The molecule has 0 spiro atoms. The standard InChI is InChI=1S/C15H23ClN2O3/c1-15(2,3)9-18-7-10-5-11(16)14(12(6-10)20-4)21-8-13(17)19/h5-6,18H,7-9H2,1-4H3,(H2,17,19). The van der Waals surface area contributed by atoms with Crippen molar-refractivity contribution in [1.82, 2.24) is 5.32 Å². The zero-order valence-electron chi connectivity index (χ0n) is 13.0. The predicted octanol–water partition coefficient (Wildman–Crippen LogP) is 2.35. The van der Waals surface area contributed by atoms with E-state index in [1.165, 1.54) is 7.11 Å². The van der Waals surface area contributed by atoms with Crippen molar-refractivity contribution < 1.29 is 14.3 Å². The van der Waals surface area contributed by atoms with E-state index in [9.17, 15) is 4.79 Å². The van der Waals surface area contributed by atoms with Crippen molar-refractivity contribution in [3.8, 4) is 11.5 Å². The molecule has 0 saturated heterocycles. The summed E-state index contributed by atoms with van der Waals surface area (Å²) in [5.74, 6) is 0.248. The molecule has 0 heterocycles. The molecular formula is C15H23ClN2O3. The molecule has 0 radical (unpaired) electrons. The predicted molar refractivity (Wildman–Crippen MR) is 83.9 cm³/mol. The Hall–Kier alpha value is -1.46. The first-order valence-electron chi connectivity index (χ1n) is 6.71. The molecule has 118 valence electrons. The van der Waals surface area contributed by atoms with E-state index in [4.69, 9.17) is 26.8 Å². The van der Waals surface area contributed by atoms with E-state index < -0.39 is 5.91 Å². The lowest BCUT2D eigenvalue weighted by Crippen LogP contribution is -2.26. The van der Waals surface area contributed by atoms with E-state index >= 15 is 0 Å². The lowest BCUT2D eigenvalue weighted by Gasteiger charge is -2.19. The number of carbonyl (C=O) groups is 1. The average molecular weight is 315 g/mol. The Morgan fingerprint density at radius 1 is 1.38 bits per heavy atom. The Bertz CT molecular complexity index is 498. The number of carbonyl (C=O) groups excluding carboxylic acids is 1. The number of primary amides is 1. The van der Waals surface area contributed by atoms with Gasteiger partial charge in [0.15, 0.2) is 18.1 Å². The summed E-state index contributed by atoms with van der Waals surface area (Å²) in [6.45, 7) is 7.80. The summed E-state index contributed by atoms with van der Waals surface area (Å²) in [6, 6.07) is 3.62.